The van der Waals surface area contributed by atoms with Crippen molar-refractivity contribution in [3.63, 3.8) is 0 Å². The molecule has 10 aromatic carbocycles. The van der Waals surface area contributed by atoms with Crippen LogP contribution in [-0.2, 0) is 0 Å². The second-order valence-electron chi connectivity index (χ2n) is 14.1. The van der Waals surface area contributed by atoms with E-state index in [4.69, 9.17) is 0 Å². The zero-order valence-corrected chi connectivity index (χ0v) is 30.2. The van der Waals surface area contributed by atoms with Crippen LogP contribution in [0.25, 0.3) is 85.5 Å². The molecule has 54 heavy (non-hydrogen) atoms. The van der Waals surface area contributed by atoms with Crippen LogP contribution in [0.3, 0.4) is 0 Å². The molecule has 0 amide bonds. The van der Waals surface area contributed by atoms with Gasteiger partial charge >= 0.3 is 0 Å². The largest absolute Gasteiger partial charge is 0.310 e. The molecule has 1 heterocycles. The van der Waals surface area contributed by atoms with Crippen LogP contribution < -0.4 is 4.90 Å². The summed E-state index contributed by atoms with van der Waals surface area (Å²) in [6.07, 6.45) is 0. The van der Waals surface area contributed by atoms with E-state index in [9.17, 15) is 0 Å². The molecule has 0 unspecified atom stereocenters. The van der Waals surface area contributed by atoms with Gasteiger partial charge in [-0.25, -0.2) is 0 Å². The van der Waals surface area contributed by atoms with E-state index < -0.39 is 0 Å². The summed E-state index contributed by atoms with van der Waals surface area (Å²) in [4.78, 5) is 2.44. The molecule has 0 bridgehead atoms. The van der Waals surface area contributed by atoms with Crippen LogP contribution in [0.1, 0.15) is 0 Å². The highest BCUT2D eigenvalue weighted by atomic mass is 32.1. The van der Waals surface area contributed by atoms with Gasteiger partial charge in [-0.3, -0.25) is 0 Å². The number of thiophene rings is 1. The first-order chi connectivity index (χ1) is 26.7. The van der Waals surface area contributed by atoms with Crippen LogP contribution in [0, 0.1) is 0 Å². The topological polar surface area (TPSA) is 3.24 Å². The predicted octanol–water partition coefficient (Wildman–Crippen LogP) is 15.5. The molecule has 0 N–H and O–H groups in total. The van der Waals surface area contributed by atoms with Crippen LogP contribution in [0.5, 0.6) is 0 Å². The fourth-order valence-electron chi connectivity index (χ4n) is 8.39. The molecular formula is C52H33NS. The van der Waals surface area contributed by atoms with E-state index in [0.717, 1.165) is 17.1 Å². The maximum Gasteiger partial charge on any atom is 0.0474 e. The lowest BCUT2D eigenvalue weighted by Crippen LogP contribution is -2.10. The highest BCUT2D eigenvalue weighted by molar-refractivity contribution is 7.25. The summed E-state index contributed by atoms with van der Waals surface area (Å²) in [7, 11) is 0. The van der Waals surface area contributed by atoms with Crippen LogP contribution in [-0.4, -0.2) is 0 Å². The van der Waals surface area contributed by atoms with E-state index in [1.165, 1.54) is 85.5 Å². The molecule has 1 aromatic heterocycles. The van der Waals surface area contributed by atoms with Gasteiger partial charge in [0.2, 0.25) is 0 Å². The van der Waals surface area contributed by atoms with Crippen LogP contribution in [0.15, 0.2) is 200 Å². The maximum atomic E-state index is 2.44. The fraction of sp³-hybridized carbons (Fsp3) is 0. The van der Waals surface area contributed by atoms with Crippen molar-refractivity contribution < 1.29 is 0 Å². The van der Waals surface area contributed by atoms with Crippen LogP contribution in [0.4, 0.5) is 17.1 Å². The van der Waals surface area contributed by atoms with E-state index >= 15 is 0 Å². The first-order valence-electron chi connectivity index (χ1n) is 18.5. The summed E-state index contributed by atoms with van der Waals surface area (Å²) in [6.45, 7) is 0. The van der Waals surface area contributed by atoms with E-state index in [1.807, 2.05) is 11.3 Å². The Morgan fingerprint density at radius 1 is 0.278 bits per heavy atom. The first kappa shape index (κ1) is 30.8. The average Bonchev–Trinajstić information content (AvgIpc) is 3.59. The highest BCUT2D eigenvalue weighted by Gasteiger charge is 2.19. The van der Waals surface area contributed by atoms with Crippen molar-refractivity contribution >= 4 is 91.7 Å². The van der Waals surface area contributed by atoms with Crippen molar-refractivity contribution in [2.24, 2.45) is 0 Å². The average molecular weight is 704 g/mol. The fourth-order valence-corrected chi connectivity index (χ4v) is 9.51. The molecule has 2 heteroatoms. The van der Waals surface area contributed by atoms with Gasteiger partial charge in [-0.15, -0.1) is 11.3 Å². The lowest BCUT2D eigenvalue weighted by atomic mass is 9.90. The highest BCUT2D eigenvalue weighted by Crippen LogP contribution is 2.45. The minimum Gasteiger partial charge on any atom is -0.310 e. The van der Waals surface area contributed by atoms with Gasteiger partial charge in [0.25, 0.3) is 0 Å². The number of fused-ring (bicyclic) bond motifs is 8. The Morgan fingerprint density at radius 2 is 0.833 bits per heavy atom. The van der Waals surface area contributed by atoms with Gasteiger partial charge in [0, 0.05) is 37.2 Å². The van der Waals surface area contributed by atoms with Crippen molar-refractivity contribution in [1.29, 1.82) is 0 Å². The van der Waals surface area contributed by atoms with Crippen molar-refractivity contribution in [2.45, 2.75) is 0 Å². The zero-order chi connectivity index (χ0) is 35.6. The Morgan fingerprint density at radius 3 is 1.61 bits per heavy atom. The van der Waals surface area contributed by atoms with Gasteiger partial charge in [0.15, 0.2) is 0 Å². The smallest absolute Gasteiger partial charge is 0.0474 e. The number of rotatable bonds is 5. The number of hydrogen-bond donors (Lipinski definition) is 0. The minimum absolute atomic E-state index is 1.11. The van der Waals surface area contributed by atoms with Crippen molar-refractivity contribution in [3.8, 4) is 22.3 Å². The number of benzene rings is 10. The Bertz CT molecular complexity index is 3210. The van der Waals surface area contributed by atoms with E-state index in [2.05, 4.69) is 205 Å². The Hall–Kier alpha value is -6.74. The molecule has 0 spiro atoms. The number of hydrogen-bond acceptors (Lipinski definition) is 2. The zero-order valence-electron chi connectivity index (χ0n) is 29.4. The second-order valence-corrected chi connectivity index (χ2v) is 15.2. The molecule has 0 fully saturated rings. The molecule has 0 saturated heterocycles. The van der Waals surface area contributed by atoms with E-state index in [0.29, 0.717) is 0 Å². The minimum atomic E-state index is 1.11. The lowest BCUT2D eigenvalue weighted by Gasteiger charge is -2.27. The van der Waals surface area contributed by atoms with E-state index in [-0.39, 0.29) is 0 Å². The Kier molecular flexibility index (Phi) is 7.11. The van der Waals surface area contributed by atoms with Crippen LogP contribution in [0.2, 0.25) is 0 Å². The molecular weight excluding hydrogens is 671 g/mol. The summed E-state index contributed by atoms with van der Waals surface area (Å²) < 4.78 is 2.61. The van der Waals surface area contributed by atoms with Gasteiger partial charge in [0.1, 0.15) is 0 Å². The summed E-state index contributed by atoms with van der Waals surface area (Å²) in [5.74, 6) is 0. The van der Waals surface area contributed by atoms with Crippen LogP contribution >= 0.6 is 11.3 Å². The van der Waals surface area contributed by atoms with Gasteiger partial charge in [0.05, 0.1) is 0 Å². The first-order valence-corrected chi connectivity index (χ1v) is 19.3. The predicted molar refractivity (Wildman–Crippen MR) is 235 cm³/mol. The monoisotopic (exact) mass is 703 g/mol. The quantitative estimate of drug-likeness (QED) is 0.161. The maximum absolute atomic E-state index is 2.44. The molecule has 11 rings (SSSR count). The van der Waals surface area contributed by atoms with Crippen molar-refractivity contribution in [2.75, 3.05) is 4.90 Å². The third kappa shape index (κ3) is 5.07. The van der Waals surface area contributed by atoms with Gasteiger partial charge in [-0.1, -0.05) is 140 Å². The molecule has 0 aliphatic heterocycles. The molecule has 11 aromatic rings. The third-order valence-corrected chi connectivity index (χ3v) is 12.1. The lowest BCUT2D eigenvalue weighted by molar-refractivity contribution is 1.30. The number of nitrogens with zero attached hydrogens (tertiary/aromatic N) is 1. The molecule has 0 aliphatic rings. The number of anilines is 3. The second kappa shape index (κ2) is 12.4. The molecule has 252 valence electrons. The molecule has 1 nitrogen and oxygen atoms in total. The standard InChI is InChI=1S/C52H33NS/c1-2-12-34(13-3-1)35-22-24-40(25-23-35)53(41-26-27-51-50(32-41)49-29-36-14-4-5-15-37(36)31-52(49)54-51)42-28-38-16-6-9-19-44(38)48(33-42)47-30-39-17-7-8-18-43(39)45-20-10-11-21-46(45)47/h1-33H. The normalized spacial score (nSPS) is 11.7. The third-order valence-electron chi connectivity index (χ3n) is 11.0. The summed E-state index contributed by atoms with van der Waals surface area (Å²) in [5.41, 5.74) is 8.25. The van der Waals surface area contributed by atoms with Crippen molar-refractivity contribution in [3.05, 3.63) is 200 Å². The van der Waals surface area contributed by atoms with E-state index in [1.54, 1.807) is 0 Å². The van der Waals surface area contributed by atoms with Gasteiger partial charge in [-0.05, 0) is 126 Å². The Balaban J connectivity index is 1.17. The summed E-state index contributed by atoms with van der Waals surface area (Å²) in [6, 6.07) is 73.7. The molecule has 0 saturated carbocycles. The molecule has 0 atom stereocenters. The van der Waals surface area contributed by atoms with Crippen molar-refractivity contribution in [1.82, 2.24) is 0 Å². The molecule has 0 aliphatic carbocycles. The summed E-state index contributed by atoms with van der Waals surface area (Å²) in [5, 5.41) is 12.6. The van der Waals surface area contributed by atoms with Gasteiger partial charge < -0.3 is 4.90 Å². The molecule has 0 radical (unpaired) electrons. The summed E-state index contributed by atoms with van der Waals surface area (Å²) >= 11 is 1.87. The SMILES string of the molecule is c1ccc(-c2ccc(N(c3cc(-c4cc5ccccc5c5ccccc45)c4ccccc4c3)c3ccc4sc5cc6ccccc6cc5c4c3)cc2)cc1. The Labute approximate surface area is 317 Å². The van der Waals surface area contributed by atoms with Gasteiger partial charge in [-0.2, -0.15) is 0 Å².